The van der Waals surface area contributed by atoms with Crippen LogP contribution in [0.5, 0.6) is 0 Å². The average Bonchev–Trinajstić information content (AvgIpc) is 3.17. The number of hydrogen-bond acceptors (Lipinski definition) is 4. The number of aromatic nitrogens is 2. The van der Waals surface area contributed by atoms with Gasteiger partial charge in [0.15, 0.2) is 0 Å². The van der Waals surface area contributed by atoms with Gasteiger partial charge in [0, 0.05) is 37.9 Å². The SMILES string of the molecule is CCC1CN(C(=O)C(C)n2nc(C)cc2C)CC1N1CCOCC1. The number of hydrogen-bond donors (Lipinski definition) is 0. The zero-order chi connectivity index (χ0) is 17.3. The molecule has 6 heteroatoms. The second-order valence-corrected chi connectivity index (χ2v) is 7.17. The van der Waals surface area contributed by atoms with Crippen LogP contribution in [-0.2, 0) is 9.53 Å². The predicted molar refractivity (Wildman–Crippen MR) is 93.0 cm³/mol. The Kier molecular flexibility index (Phi) is 5.25. The highest BCUT2D eigenvalue weighted by Crippen LogP contribution is 2.27. The van der Waals surface area contributed by atoms with Crippen LogP contribution in [0.2, 0.25) is 0 Å². The van der Waals surface area contributed by atoms with E-state index in [0.717, 1.165) is 57.2 Å². The van der Waals surface area contributed by atoms with Crippen LogP contribution in [0.15, 0.2) is 6.07 Å². The van der Waals surface area contributed by atoms with Gasteiger partial charge in [-0.05, 0) is 32.8 Å². The molecule has 2 saturated heterocycles. The number of amides is 1. The van der Waals surface area contributed by atoms with E-state index in [1.165, 1.54) is 0 Å². The van der Waals surface area contributed by atoms with Gasteiger partial charge in [-0.25, -0.2) is 0 Å². The van der Waals surface area contributed by atoms with Gasteiger partial charge in [-0.2, -0.15) is 5.10 Å². The third-order valence-electron chi connectivity index (χ3n) is 5.53. The largest absolute Gasteiger partial charge is 0.379 e. The molecule has 1 amide bonds. The summed E-state index contributed by atoms with van der Waals surface area (Å²) in [4.78, 5) is 17.6. The van der Waals surface area contributed by atoms with Crippen LogP contribution in [0.25, 0.3) is 0 Å². The summed E-state index contributed by atoms with van der Waals surface area (Å²) >= 11 is 0. The molecule has 1 aromatic heterocycles. The van der Waals surface area contributed by atoms with E-state index in [-0.39, 0.29) is 11.9 Å². The minimum atomic E-state index is -0.236. The lowest BCUT2D eigenvalue weighted by molar-refractivity contribution is -0.133. The van der Waals surface area contributed by atoms with E-state index in [4.69, 9.17) is 4.74 Å². The third-order valence-corrected chi connectivity index (χ3v) is 5.53. The van der Waals surface area contributed by atoms with Crippen molar-refractivity contribution in [3.8, 4) is 0 Å². The fourth-order valence-corrected chi connectivity index (χ4v) is 4.17. The lowest BCUT2D eigenvalue weighted by Gasteiger charge is -2.34. The third kappa shape index (κ3) is 3.35. The molecule has 0 aromatic carbocycles. The number of likely N-dealkylation sites (tertiary alicyclic amines) is 1. The van der Waals surface area contributed by atoms with Crippen molar-refractivity contribution in [2.24, 2.45) is 5.92 Å². The first-order chi connectivity index (χ1) is 11.5. The summed E-state index contributed by atoms with van der Waals surface area (Å²) in [6.45, 7) is 13.5. The number of carbonyl (C=O) groups excluding carboxylic acids is 1. The first-order valence-electron chi connectivity index (χ1n) is 9.14. The Hall–Kier alpha value is -1.40. The number of rotatable bonds is 4. The van der Waals surface area contributed by atoms with Crippen molar-refractivity contribution in [1.29, 1.82) is 0 Å². The summed E-state index contributed by atoms with van der Waals surface area (Å²) in [7, 11) is 0. The predicted octanol–water partition coefficient (Wildman–Crippen LogP) is 1.63. The quantitative estimate of drug-likeness (QED) is 0.840. The molecule has 3 rings (SSSR count). The second-order valence-electron chi connectivity index (χ2n) is 7.17. The molecule has 0 aliphatic carbocycles. The Balaban J connectivity index is 1.70. The van der Waals surface area contributed by atoms with E-state index < -0.39 is 0 Å². The minimum absolute atomic E-state index is 0.190. The molecular formula is C18H30N4O2. The van der Waals surface area contributed by atoms with Gasteiger partial charge in [0.25, 0.3) is 0 Å². The summed E-state index contributed by atoms with van der Waals surface area (Å²) in [5, 5.41) is 4.49. The highest BCUT2D eigenvalue weighted by molar-refractivity contribution is 5.80. The van der Waals surface area contributed by atoms with Crippen LogP contribution >= 0.6 is 0 Å². The van der Waals surface area contributed by atoms with E-state index in [2.05, 4.69) is 21.8 Å². The number of aryl methyl sites for hydroxylation is 2. The molecule has 2 fully saturated rings. The van der Waals surface area contributed by atoms with Crippen LogP contribution in [0.4, 0.5) is 0 Å². The molecule has 24 heavy (non-hydrogen) atoms. The van der Waals surface area contributed by atoms with E-state index in [9.17, 15) is 4.79 Å². The number of nitrogens with zero attached hydrogens (tertiary/aromatic N) is 4. The Morgan fingerprint density at radius 1 is 1.33 bits per heavy atom. The molecule has 0 bridgehead atoms. The zero-order valence-electron chi connectivity index (χ0n) is 15.4. The van der Waals surface area contributed by atoms with Crippen LogP contribution in [0, 0.1) is 19.8 Å². The maximum absolute atomic E-state index is 13.0. The van der Waals surface area contributed by atoms with E-state index >= 15 is 0 Å². The molecular weight excluding hydrogens is 304 g/mol. The zero-order valence-corrected chi connectivity index (χ0v) is 15.4. The van der Waals surface area contributed by atoms with Crippen molar-refractivity contribution in [3.63, 3.8) is 0 Å². The molecule has 134 valence electrons. The molecule has 0 radical (unpaired) electrons. The van der Waals surface area contributed by atoms with Crippen molar-refractivity contribution >= 4 is 5.91 Å². The van der Waals surface area contributed by atoms with E-state index in [1.54, 1.807) is 0 Å². The second kappa shape index (κ2) is 7.23. The summed E-state index contributed by atoms with van der Waals surface area (Å²) in [5.41, 5.74) is 2.01. The maximum atomic E-state index is 13.0. The van der Waals surface area contributed by atoms with Crippen molar-refractivity contribution < 1.29 is 9.53 Å². The summed E-state index contributed by atoms with van der Waals surface area (Å²) in [5.74, 6) is 0.745. The van der Waals surface area contributed by atoms with Gasteiger partial charge >= 0.3 is 0 Å². The minimum Gasteiger partial charge on any atom is -0.379 e. The monoisotopic (exact) mass is 334 g/mol. The summed E-state index contributed by atoms with van der Waals surface area (Å²) < 4.78 is 7.34. The Labute approximate surface area is 144 Å². The van der Waals surface area contributed by atoms with Crippen LogP contribution in [-0.4, -0.2) is 70.9 Å². The van der Waals surface area contributed by atoms with Gasteiger partial charge in [0.2, 0.25) is 5.91 Å². The smallest absolute Gasteiger partial charge is 0.247 e. The molecule has 3 heterocycles. The van der Waals surface area contributed by atoms with Gasteiger partial charge in [0.1, 0.15) is 6.04 Å². The number of ether oxygens (including phenoxy) is 1. The fraction of sp³-hybridized carbons (Fsp3) is 0.778. The Morgan fingerprint density at radius 3 is 2.62 bits per heavy atom. The van der Waals surface area contributed by atoms with Crippen molar-refractivity contribution in [2.45, 2.75) is 46.2 Å². The molecule has 3 unspecified atom stereocenters. The molecule has 0 saturated carbocycles. The molecule has 1 aromatic rings. The maximum Gasteiger partial charge on any atom is 0.247 e. The molecule has 2 aliphatic rings. The highest BCUT2D eigenvalue weighted by atomic mass is 16.5. The fourth-order valence-electron chi connectivity index (χ4n) is 4.17. The van der Waals surface area contributed by atoms with Crippen LogP contribution < -0.4 is 0 Å². The van der Waals surface area contributed by atoms with Gasteiger partial charge in [-0.3, -0.25) is 14.4 Å². The van der Waals surface area contributed by atoms with Crippen LogP contribution in [0.1, 0.15) is 37.7 Å². The lowest BCUT2D eigenvalue weighted by Crippen LogP contribution is -2.47. The van der Waals surface area contributed by atoms with Crippen LogP contribution in [0.3, 0.4) is 0 Å². The molecule has 2 aliphatic heterocycles. The van der Waals surface area contributed by atoms with Crippen molar-refractivity contribution in [1.82, 2.24) is 19.6 Å². The normalized spacial score (nSPS) is 26.8. The first kappa shape index (κ1) is 17.4. The average molecular weight is 334 g/mol. The standard InChI is InChI=1S/C18H30N4O2/c1-5-16-11-21(12-17(16)20-6-8-24-9-7-20)18(23)15(4)22-14(3)10-13(2)19-22/h10,15-17H,5-9,11-12H2,1-4H3. The summed E-state index contributed by atoms with van der Waals surface area (Å²) in [6.07, 6.45) is 1.11. The summed E-state index contributed by atoms with van der Waals surface area (Å²) in [6, 6.07) is 2.26. The van der Waals surface area contributed by atoms with Gasteiger partial charge in [-0.1, -0.05) is 13.3 Å². The van der Waals surface area contributed by atoms with E-state index in [1.807, 2.05) is 31.5 Å². The lowest BCUT2D eigenvalue weighted by atomic mass is 9.99. The van der Waals surface area contributed by atoms with Gasteiger partial charge < -0.3 is 9.64 Å². The van der Waals surface area contributed by atoms with Gasteiger partial charge in [0.05, 0.1) is 18.9 Å². The molecule has 0 spiro atoms. The topological polar surface area (TPSA) is 50.6 Å². The molecule has 3 atom stereocenters. The van der Waals surface area contributed by atoms with Gasteiger partial charge in [-0.15, -0.1) is 0 Å². The van der Waals surface area contributed by atoms with Crippen molar-refractivity contribution in [2.75, 3.05) is 39.4 Å². The Bertz CT molecular complexity index is 580. The number of morpholine rings is 1. The molecule has 0 N–H and O–H groups in total. The first-order valence-corrected chi connectivity index (χ1v) is 9.14. The molecule has 6 nitrogen and oxygen atoms in total. The van der Waals surface area contributed by atoms with E-state index in [0.29, 0.717) is 12.0 Å². The van der Waals surface area contributed by atoms with Crippen molar-refractivity contribution in [3.05, 3.63) is 17.5 Å². The highest BCUT2D eigenvalue weighted by Gasteiger charge is 2.39. The number of carbonyl (C=O) groups is 1. The Morgan fingerprint density at radius 2 is 2.04 bits per heavy atom.